The highest BCUT2D eigenvalue weighted by Gasteiger charge is 2.35. The number of anilines is 1. The number of benzene rings is 1. The Morgan fingerprint density at radius 3 is 2.50 bits per heavy atom. The molecule has 0 radical (unpaired) electrons. The number of nitro benzene ring substituents is 1. The molecule has 1 N–H and O–H groups in total. The lowest BCUT2D eigenvalue weighted by molar-refractivity contribution is -0.385. The summed E-state index contributed by atoms with van der Waals surface area (Å²) >= 11 is 0. The lowest BCUT2D eigenvalue weighted by Crippen LogP contribution is -2.09. The fourth-order valence-corrected chi connectivity index (χ4v) is 1.60. The molecular weight excluding hydrogens is 301 g/mol. The second-order valence-corrected chi connectivity index (χ2v) is 4.14. The molecule has 0 bridgehead atoms. The summed E-state index contributed by atoms with van der Waals surface area (Å²) in [5.74, 6) is 0. The van der Waals surface area contributed by atoms with Crippen LogP contribution >= 0.6 is 0 Å². The van der Waals surface area contributed by atoms with Gasteiger partial charge in [0.25, 0.3) is 5.69 Å². The van der Waals surface area contributed by atoms with E-state index in [1.165, 1.54) is 18.6 Å². The van der Waals surface area contributed by atoms with Gasteiger partial charge in [-0.25, -0.2) is 0 Å². The minimum Gasteiger partial charge on any atom is -0.278 e. The van der Waals surface area contributed by atoms with Crippen molar-refractivity contribution in [3.63, 3.8) is 0 Å². The lowest BCUT2D eigenvalue weighted by Gasteiger charge is -2.11. The zero-order valence-electron chi connectivity index (χ0n) is 10.9. The van der Waals surface area contributed by atoms with Gasteiger partial charge in [-0.2, -0.15) is 18.3 Å². The molecule has 0 aliphatic carbocycles. The van der Waals surface area contributed by atoms with Crippen LogP contribution in [0.3, 0.4) is 0 Å². The van der Waals surface area contributed by atoms with E-state index in [1.807, 2.05) is 0 Å². The molecular formula is C13H9F3N4O2. The molecule has 0 saturated carbocycles. The van der Waals surface area contributed by atoms with E-state index >= 15 is 0 Å². The molecule has 0 aliphatic rings. The monoisotopic (exact) mass is 310 g/mol. The van der Waals surface area contributed by atoms with Crippen molar-refractivity contribution in [2.24, 2.45) is 5.10 Å². The van der Waals surface area contributed by atoms with E-state index in [9.17, 15) is 23.3 Å². The molecule has 1 aromatic heterocycles. The summed E-state index contributed by atoms with van der Waals surface area (Å²) in [6.45, 7) is 0. The molecule has 1 aromatic carbocycles. The van der Waals surface area contributed by atoms with Gasteiger partial charge >= 0.3 is 6.18 Å². The molecule has 0 unspecified atom stereocenters. The molecule has 0 atom stereocenters. The van der Waals surface area contributed by atoms with Crippen LogP contribution in [0, 0.1) is 10.1 Å². The van der Waals surface area contributed by atoms with Crippen molar-refractivity contribution in [3.8, 4) is 0 Å². The zero-order chi connectivity index (χ0) is 16.2. The molecule has 2 aromatic rings. The Morgan fingerprint density at radius 2 is 1.91 bits per heavy atom. The molecule has 22 heavy (non-hydrogen) atoms. The topological polar surface area (TPSA) is 80.4 Å². The highest BCUT2D eigenvalue weighted by molar-refractivity contribution is 5.80. The zero-order valence-corrected chi connectivity index (χ0v) is 10.9. The number of rotatable bonds is 4. The Balaban J connectivity index is 2.27. The van der Waals surface area contributed by atoms with E-state index < -0.39 is 22.4 Å². The van der Waals surface area contributed by atoms with Crippen molar-refractivity contribution < 1.29 is 18.1 Å². The molecule has 1 heterocycles. The number of halogens is 3. The van der Waals surface area contributed by atoms with Crippen molar-refractivity contribution in [2.75, 3.05) is 5.43 Å². The van der Waals surface area contributed by atoms with E-state index in [2.05, 4.69) is 15.5 Å². The third-order valence-corrected chi connectivity index (χ3v) is 2.62. The number of nitro groups is 1. The van der Waals surface area contributed by atoms with Crippen molar-refractivity contribution in [1.29, 1.82) is 0 Å². The van der Waals surface area contributed by atoms with Gasteiger partial charge < -0.3 is 0 Å². The number of hydrogen-bond donors (Lipinski definition) is 1. The minimum absolute atomic E-state index is 0.372. The third-order valence-electron chi connectivity index (χ3n) is 2.62. The molecule has 0 saturated heterocycles. The summed E-state index contributed by atoms with van der Waals surface area (Å²) in [7, 11) is 0. The predicted molar refractivity (Wildman–Crippen MR) is 73.6 cm³/mol. The van der Waals surface area contributed by atoms with Gasteiger partial charge in [-0.1, -0.05) is 0 Å². The number of pyridine rings is 1. The minimum atomic E-state index is -4.74. The SMILES string of the molecule is O=[N+]([O-])c1ccc(N/N=C/c2ccncc2)c(C(F)(F)F)c1. The van der Waals surface area contributed by atoms with Crippen molar-refractivity contribution in [3.05, 3.63) is 64.0 Å². The maximum Gasteiger partial charge on any atom is 0.418 e. The van der Waals surface area contributed by atoms with Gasteiger partial charge in [0.2, 0.25) is 0 Å². The molecule has 9 heteroatoms. The summed E-state index contributed by atoms with van der Waals surface area (Å²) in [6.07, 6.45) is -0.410. The largest absolute Gasteiger partial charge is 0.418 e. The summed E-state index contributed by atoms with van der Waals surface area (Å²) < 4.78 is 38.8. The van der Waals surface area contributed by atoms with Crippen molar-refractivity contribution in [1.82, 2.24) is 4.98 Å². The maximum absolute atomic E-state index is 12.9. The Morgan fingerprint density at radius 1 is 1.23 bits per heavy atom. The van der Waals surface area contributed by atoms with Crippen LogP contribution in [0.5, 0.6) is 0 Å². The lowest BCUT2D eigenvalue weighted by atomic mass is 10.1. The predicted octanol–water partition coefficient (Wildman–Crippen LogP) is 3.45. The molecule has 0 fully saturated rings. The highest BCUT2D eigenvalue weighted by atomic mass is 19.4. The first kappa shape index (κ1) is 15.4. The Labute approximate surface area is 122 Å². The van der Waals surface area contributed by atoms with Crippen LogP contribution in [0.1, 0.15) is 11.1 Å². The smallest absolute Gasteiger partial charge is 0.278 e. The van der Waals surface area contributed by atoms with Crippen molar-refractivity contribution >= 4 is 17.6 Å². The van der Waals surface area contributed by atoms with E-state index in [4.69, 9.17) is 0 Å². The molecule has 114 valence electrons. The average molecular weight is 310 g/mol. The normalized spacial score (nSPS) is 11.6. The van der Waals surface area contributed by atoms with Crippen LogP contribution in [0.15, 0.2) is 47.8 Å². The van der Waals surface area contributed by atoms with Gasteiger partial charge in [-0.15, -0.1) is 0 Å². The second-order valence-electron chi connectivity index (χ2n) is 4.14. The first-order valence-corrected chi connectivity index (χ1v) is 5.92. The van der Waals surface area contributed by atoms with E-state index in [0.717, 1.165) is 12.1 Å². The van der Waals surface area contributed by atoms with Gasteiger partial charge in [-0.05, 0) is 23.8 Å². The van der Waals surface area contributed by atoms with Crippen LogP contribution in [-0.2, 0) is 6.18 Å². The number of nitrogens with one attached hydrogen (secondary N) is 1. The number of hydrazone groups is 1. The quantitative estimate of drug-likeness (QED) is 0.533. The van der Waals surface area contributed by atoms with E-state index in [-0.39, 0.29) is 5.69 Å². The third kappa shape index (κ3) is 3.78. The summed E-state index contributed by atoms with van der Waals surface area (Å²) in [5.41, 5.74) is 0.705. The van der Waals surface area contributed by atoms with Gasteiger partial charge in [0, 0.05) is 24.5 Å². The standard InChI is InChI=1S/C13H9F3N4O2/c14-13(15,16)11-7-10(20(21)22)1-2-12(11)19-18-8-9-3-5-17-6-4-9/h1-8,19H/b18-8+. The summed E-state index contributed by atoms with van der Waals surface area (Å²) in [5, 5.41) is 14.3. The molecule has 6 nitrogen and oxygen atoms in total. The Kier molecular flexibility index (Phi) is 4.35. The van der Waals surface area contributed by atoms with Gasteiger partial charge in [0.1, 0.15) is 0 Å². The first-order chi connectivity index (χ1) is 10.4. The number of alkyl halides is 3. The van der Waals surface area contributed by atoms with Crippen molar-refractivity contribution in [2.45, 2.75) is 6.18 Å². The number of non-ortho nitro benzene ring substituents is 1. The Bertz CT molecular complexity index is 702. The highest BCUT2D eigenvalue weighted by Crippen LogP contribution is 2.37. The second kappa shape index (κ2) is 6.20. The van der Waals surface area contributed by atoms with Crippen LogP contribution in [0.2, 0.25) is 0 Å². The van der Waals surface area contributed by atoms with E-state index in [1.54, 1.807) is 12.1 Å². The molecule has 0 amide bonds. The fourth-order valence-electron chi connectivity index (χ4n) is 1.60. The average Bonchev–Trinajstić information content (AvgIpc) is 2.47. The number of nitrogens with zero attached hydrogens (tertiary/aromatic N) is 3. The first-order valence-electron chi connectivity index (χ1n) is 5.92. The van der Waals surface area contributed by atoms with Crippen LogP contribution < -0.4 is 5.43 Å². The van der Waals surface area contributed by atoms with Crippen LogP contribution in [0.25, 0.3) is 0 Å². The van der Waals surface area contributed by atoms with E-state index in [0.29, 0.717) is 11.6 Å². The summed E-state index contributed by atoms with van der Waals surface area (Å²) in [6, 6.07) is 5.63. The van der Waals surface area contributed by atoms with Gasteiger partial charge in [0.05, 0.1) is 22.4 Å². The number of hydrogen-bond acceptors (Lipinski definition) is 5. The maximum atomic E-state index is 12.9. The summed E-state index contributed by atoms with van der Waals surface area (Å²) in [4.78, 5) is 13.5. The molecule has 0 aliphatic heterocycles. The van der Waals surface area contributed by atoms with Crippen LogP contribution in [0.4, 0.5) is 24.5 Å². The van der Waals surface area contributed by atoms with Gasteiger partial charge in [0.15, 0.2) is 0 Å². The fraction of sp³-hybridized carbons (Fsp3) is 0.0769. The van der Waals surface area contributed by atoms with Crippen LogP contribution in [-0.4, -0.2) is 16.1 Å². The van der Waals surface area contributed by atoms with Gasteiger partial charge in [-0.3, -0.25) is 20.5 Å². The number of aromatic nitrogens is 1. The molecule has 2 rings (SSSR count). The molecule has 0 spiro atoms. The Hall–Kier alpha value is -2.97.